The van der Waals surface area contributed by atoms with Crippen LogP contribution >= 0.6 is 15.9 Å². The lowest BCUT2D eigenvalue weighted by atomic mass is 10.2. The predicted octanol–water partition coefficient (Wildman–Crippen LogP) is 3.91. The van der Waals surface area contributed by atoms with Gasteiger partial charge in [-0.05, 0) is 35.9 Å². The first-order valence-corrected chi connectivity index (χ1v) is 6.47. The van der Waals surface area contributed by atoms with Crippen LogP contribution in [0.5, 0.6) is 11.5 Å². The number of benzene rings is 2. The number of hydrogen-bond acceptors (Lipinski definition) is 3. The van der Waals surface area contributed by atoms with Crippen LogP contribution in [-0.4, -0.2) is 7.11 Å². The number of nitrogens with zero attached hydrogens (tertiary/aromatic N) is 1. The van der Waals surface area contributed by atoms with Gasteiger partial charge in [0.15, 0.2) is 0 Å². The smallest absolute Gasteiger partial charge is 0.138 e. The molecule has 0 saturated carbocycles. The zero-order chi connectivity index (χ0) is 13.7. The topological polar surface area (TPSA) is 42.2 Å². The molecule has 0 spiro atoms. The molecule has 3 nitrogen and oxygen atoms in total. The zero-order valence-electron chi connectivity index (χ0n) is 10.4. The van der Waals surface area contributed by atoms with Gasteiger partial charge in [-0.3, -0.25) is 0 Å². The summed E-state index contributed by atoms with van der Waals surface area (Å²) < 4.78 is 11.7. The van der Waals surface area contributed by atoms with Crippen molar-refractivity contribution in [3.05, 3.63) is 58.1 Å². The largest absolute Gasteiger partial charge is 0.497 e. The fraction of sp³-hybridized carbons (Fsp3) is 0.133. The average Bonchev–Trinajstić information content (AvgIpc) is 2.45. The highest BCUT2D eigenvalue weighted by Crippen LogP contribution is 2.24. The van der Waals surface area contributed by atoms with Gasteiger partial charge in [0.25, 0.3) is 0 Å². The molecule has 0 N–H and O–H groups in total. The first-order chi connectivity index (χ1) is 9.22. The van der Waals surface area contributed by atoms with E-state index in [2.05, 4.69) is 22.0 Å². The SMILES string of the molecule is COc1cccc(COc2cc(Br)ccc2C#N)c1. The van der Waals surface area contributed by atoms with E-state index in [1.807, 2.05) is 30.3 Å². The van der Waals surface area contributed by atoms with Crippen LogP contribution in [0.15, 0.2) is 46.9 Å². The zero-order valence-corrected chi connectivity index (χ0v) is 12.0. The van der Waals surface area contributed by atoms with E-state index in [4.69, 9.17) is 14.7 Å². The Balaban J connectivity index is 2.14. The van der Waals surface area contributed by atoms with Crippen LogP contribution in [0.4, 0.5) is 0 Å². The first-order valence-electron chi connectivity index (χ1n) is 5.68. The average molecular weight is 318 g/mol. The maximum atomic E-state index is 9.02. The summed E-state index contributed by atoms with van der Waals surface area (Å²) >= 11 is 3.37. The summed E-state index contributed by atoms with van der Waals surface area (Å²) in [6, 6.07) is 15.1. The summed E-state index contributed by atoms with van der Waals surface area (Å²) in [5.74, 6) is 1.36. The molecule has 0 bridgehead atoms. The molecule has 0 saturated heterocycles. The third-order valence-electron chi connectivity index (χ3n) is 2.59. The van der Waals surface area contributed by atoms with Gasteiger partial charge in [0.05, 0.1) is 12.7 Å². The molecule has 96 valence electrons. The van der Waals surface area contributed by atoms with Gasteiger partial charge >= 0.3 is 0 Å². The quantitative estimate of drug-likeness (QED) is 0.858. The molecule has 0 aliphatic rings. The highest BCUT2D eigenvalue weighted by atomic mass is 79.9. The van der Waals surface area contributed by atoms with E-state index in [1.54, 1.807) is 19.2 Å². The molecule has 2 aromatic rings. The summed E-state index contributed by atoms with van der Waals surface area (Å²) in [6.07, 6.45) is 0. The highest BCUT2D eigenvalue weighted by Gasteiger charge is 2.05. The Labute approximate surface area is 120 Å². The number of rotatable bonds is 4. The molecule has 0 unspecified atom stereocenters. The Morgan fingerprint density at radius 2 is 2.05 bits per heavy atom. The van der Waals surface area contributed by atoms with Crippen LogP contribution in [0.25, 0.3) is 0 Å². The summed E-state index contributed by atoms with van der Waals surface area (Å²) in [4.78, 5) is 0. The lowest BCUT2D eigenvalue weighted by molar-refractivity contribution is 0.304. The molecule has 0 aromatic heterocycles. The van der Waals surface area contributed by atoms with Crippen molar-refractivity contribution < 1.29 is 9.47 Å². The molecular weight excluding hydrogens is 306 g/mol. The van der Waals surface area contributed by atoms with E-state index < -0.39 is 0 Å². The van der Waals surface area contributed by atoms with E-state index in [1.165, 1.54) is 0 Å². The van der Waals surface area contributed by atoms with Crippen molar-refractivity contribution in [2.75, 3.05) is 7.11 Å². The summed E-state index contributed by atoms with van der Waals surface area (Å²) in [7, 11) is 1.63. The lowest BCUT2D eigenvalue weighted by Crippen LogP contribution is -1.97. The maximum Gasteiger partial charge on any atom is 0.138 e. The Morgan fingerprint density at radius 3 is 2.79 bits per heavy atom. The van der Waals surface area contributed by atoms with Gasteiger partial charge in [-0.15, -0.1) is 0 Å². The Morgan fingerprint density at radius 1 is 1.21 bits per heavy atom. The molecule has 4 heteroatoms. The molecule has 19 heavy (non-hydrogen) atoms. The molecule has 0 amide bonds. The molecule has 0 fully saturated rings. The van der Waals surface area contributed by atoms with Gasteiger partial charge in [0, 0.05) is 4.47 Å². The number of ether oxygens (including phenoxy) is 2. The van der Waals surface area contributed by atoms with Gasteiger partial charge in [-0.25, -0.2) is 0 Å². The molecule has 2 rings (SSSR count). The third-order valence-corrected chi connectivity index (χ3v) is 3.09. The number of methoxy groups -OCH3 is 1. The van der Waals surface area contributed by atoms with Gasteiger partial charge < -0.3 is 9.47 Å². The lowest BCUT2D eigenvalue weighted by Gasteiger charge is -2.09. The minimum atomic E-state index is 0.391. The van der Waals surface area contributed by atoms with Crippen molar-refractivity contribution in [3.8, 4) is 17.6 Å². The summed E-state index contributed by atoms with van der Waals surface area (Å²) in [5.41, 5.74) is 1.51. The Kier molecular flexibility index (Phi) is 4.43. The molecule has 0 atom stereocenters. The first kappa shape index (κ1) is 13.4. The minimum Gasteiger partial charge on any atom is -0.497 e. The number of nitriles is 1. The van der Waals surface area contributed by atoms with Crippen LogP contribution in [0, 0.1) is 11.3 Å². The van der Waals surface area contributed by atoms with Gasteiger partial charge in [-0.1, -0.05) is 28.1 Å². The van der Waals surface area contributed by atoms with E-state index >= 15 is 0 Å². The number of hydrogen-bond donors (Lipinski definition) is 0. The van der Waals surface area contributed by atoms with E-state index in [0.717, 1.165) is 15.8 Å². The monoisotopic (exact) mass is 317 g/mol. The molecule has 0 aliphatic carbocycles. The fourth-order valence-corrected chi connectivity index (χ4v) is 1.97. The fourth-order valence-electron chi connectivity index (χ4n) is 1.63. The molecular formula is C15H12BrNO2. The number of halogens is 1. The van der Waals surface area contributed by atoms with E-state index in [-0.39, 0.29) is 0 Å². The predicted molar refractivity (Wildman–Crippen MR) is 76.2 cm³/mol. The molecule has 0 heterocycles. The third kappa shape index (κ3) is 3.49. The Hall–Kier alpha value is -1.99. The minimum absolute atomic E-state index is 0.391. The van der Waals surface area contributed by atoms with Crippen LogP contribution in [0.1, 0.15) is 11.1 Å². The second kappa shape index (κ2) is 6.26. The standard InChI is InChI=1S/C15H12BrNO2/c1-18-14-4-2-3-11(7-14)10-19-15-8-13(16)6-5-12(15)9-17/h2-8H,10H2,1H3. The van der Waals surface area contributed by atoms with Gasteiger partial charge in [-0.2, -0.15) is 5.26 Å². The second-order valence-electron chi connectivity index (χ2n) is 3.89. The molecule has 0 radical (unpaired) electrons. The van der Waals surface area contributed by atoms with Crippen molar-refractivity contribution in [2.45, 2.75) is 6.61 Å². The van der Waals surface area contributed by atoms with Crippen molar-refractivity contribution in [2.24, 2.45) is 0 Å². The normalized spacial score (nSPS) is 9.74. The van der Waals surface area contributed by atoms with E-state index in [0.29, 0.717) is 17.9 Å². The maximum absolute atomic E-state index is 9.02. The van der Waals surface area contributed by atoms with Gasteiger partial charge in [0.1, 0.15) is 24.2 Å². The highest BCUT2D eigenvalue weighted by molar-refractivity contribution is 9.10. The molecule has 2 aromatic carbocycles. The summed E-state index contributed by atoms with van der Waals surface area (Å²) in [5, 5.41) is 9.02. The van der Waals surface area contributed by atoms with Crippen LogP contribution in [0.2, 0.25) is 0 Å². The molecule has 0 aliphatic heterocycles. The van der Waals surface area contributed by atoms with Crippen molar-refractivity contribution in [1.29, 1.82) is 5.26 Å². The van der Waals surface area contributed by atoms with Crippen LogP contribution in [0.3, 0.4) is 0 Å². The van der Waals surface area contributed by atoms with Crippen LogP contribution in [-0.2, 0) is 6.61 Å². The Bertz CT molecular complexity index is 620. The van der Waals surface area contributed by atoms with Gasteiger partial charge in [0.2, 0.25) is 0 Å². The van der Waals surface area contributed by atoms with Crippen LogP contribution < -0.4 is 9.47 Å². The second-order valence-corrected chi connectivity index (χ2v) is 4.81. The van der Waals surface area contributed by atoms with Crippen molar-refractivity contribution in [3.63, 3.8) is 0 Å². The summed E-state index contributed by atoms with van der Waals surface area (Å²) in [6.45, 7) is 0.391. The van der Waals surface area contributed by atoms with E-state index in [9.17, 15) is 0 Å². The van der Waals surface area contributed by atoms with Crippen molar-refractivity contribution in [1.82, 2.24) is 0 Å². The van der Waals surface area contributed by atoms with Crippen molar-refractivity contribution >= 4 is 15.9 Å².